The van der Waals surface area contributed by atoms with Crippen LogP contribution in [0, 0.1) is 0 Å². The normalized spacial score (nSPS) is 10.6. The van der Waals surface area contributed by atoms with Gasteiger partial charge in [-0.25, -0.2) is 9.97 Å². The van der Waals surface area contributed by atoms with Gasteiger partial charge in [0.1, 0.15) is 12.1 Å². The Morgan fingerprint density at radius 2 is 1.79 bits per heavy atom. The molecule has 0 saturated carbocycles. The molecule has 1 N–H and O–H groups in total. The average molecular weight is 290 g/mol. The van der Waals surface area contributed by atoms with Crippen LogP contribution in [0.25, 0.3) is 10.9 Å². The Morgan fingerprint density at radius 3 is 2.63 bits per heavy atom. The van der Waals surface area contributed by atoms with E-state index in [1.165, 1.54) is 6.33 Å². The van der Waals surface area contributed by atoms with E-state index in [9.17, 15) is 0 Å². The maximum absolute atomic E-state index is 6.21. The fourth-order valence-electron chi connectivity index (χ4n) is 1.87. The van der Waals surface area contributed by atoms with Crippen molar-refractivity contribution in [2.45, 2.75) is 0 Å². The van der Waals surface area contributed by atoms with E-state index in [2.05, 4.69) is 15.3 Å². The number of hydrogen-bond donors (Lipinski definition) is 1. The van der Waals surface area contributed by atoms with Crippen molar-refractivity contribution in [1.29, 1.82) is 0 Å². The zero-order valence-electron chi connectivity index (χ0n) is 9.77. The van der Waals surface area contributed by atoms with E-state index in [1.54, 1.807) is 0 Å². The molecule has 0 aliphatic carbocycles. The van der Waals surface area contributed by atoms with Gasteiger partial charge in [0.25, 0.3) is 0 Å². The van der Waals surface area contributed by atoms with Gasteiger partial charge in [-0.15, -0.1) is 0 Å². The summed E-state index contributed by atoms with van der Waals surface area (Å²) in [6, 6.07) is 13.0. The molecule has 0 spiro atoms. The van der Waals surface area contributed by atoms with Gasteiger partial charge in [0, 0.05) is 10.7 Å². The second kappa shape index (κ2) is 5.03. The van der Waals surface area contributed by atoms with Crippen molar-refractivity contribution in [3.05, 3.63) is 58.8 Å². The lowest BCUT2D eigenvalue weighted by molar-refractivity contribution is 1.22. The van der Waals surface area contributed by atoms with Crippen molar-refractivity contribution in [1.82, 2.24) is 9.97 Å². The van der Waals surface area contributed by atoms with Gasteiger partial charge >= 0.3 is 0 Å². The molecule has 5 heteroatoms. The summed E-state index contributed by atoms with van der Waals surface area (Å²) in [5.74, 6) is 0.665. The molecule has 0 atom stereocenters. The number of anilines is 2. The Labute approximate surface area is 120 Å². The summed E-state index contributed by atoms with van der Waals surface area (Å²) in [4.78, 5) is 8.44. The van der Waals surface area contributed by atoms with Gasteiger partial charge in [-0.05, 0) is 30.3 Å². The van der Waals surface area contributed by atoms with Crippen LogP contribution in [-0.2, 0) is 0 Å². The van der Waals surface area contributed by atoms with Crippen molar-refractivity contribution < 1.29 is 0 Å². The maximum atomic E-state index is 6.21. The summed E-state index contributed by atoms with van der Waals surface area (Å²) >= 11 is 12.2. The molecule has 0 unspecified atom stereocenters. The van der Waals surface area contributed by atoms with Crippen LogP contribution in [0.15, 0.2) is 48.8 Å². The van der Waals surface area contributed by atoms with Crippen molar-refractivity contribution in [2.75, 3.05) is 5.32 Å². The number of halogens is 2. The van der Waals surface area contributed by atoms with Crippen LogP contribution in [0.3, 0.4) is 0 Å². The van der Waals surface area contributed by atoms with Crippen molar-refractivity contribution in [3.8, 4) is 0 Å². The van der Waals surface area contributed by atoms with E-state index in [0.29, 0.717) is 15.9 Å². The van der Waals surface area contributed by atoms with Crippen LogP contribution in [-0.4, -0.2) is 9.97 Å². The molecule has 94 valence electrons. The summed E-state index contributed by atoms with van der Waals surface area (Å²) in [6.07, 6.45) is 1.51. The first-order chi connectivity index (χ1) is 9.24. The van der Waals surface area contributed by atoms with Gasteiger partial charge < -0.3 is 5.32 Å². The lowest BCUT2D eigenvalue weighted by Gasteiger charge is -2.09. The maximum Gasteiger partial charge on any atom is 0.143 e. The predicted molar refractivity (Wildman–Crippen MR) is 79.3 cm³/mol. The van der Waals surface area contributed by atoms with E-state index in [1.807, 2.05) is 42.5 Å². The Bertz CT molecular complexity index is 738. The Kier molecular flexibility index (Phi) is 3.23. The lowest BCUT2D eigenvalue weighted by atomic mass is 10.2. The molecule has 0 saturated heterocycles. The predicted octanol–water partition coefficient (Wildman–Crippen LogP) is 4.68. The standard InChI is InChI=1S/C14H9Cl2N3/c15-9-3-1-4-10(7-9)19-14-13-11(16)5-2-6-12(13)17-8-18-14/h1-8H,(H,17,18,19). The highest BCUT2D eigenvalue weighted by Crippen LogP contribution is 2.29. The lowest BCUT2D eigenvalue weighted by Crippen LogP contribution is -1.96. The summed E-state index contributed by atoms with van der Waals surface area (Å²) < 4.78 is 0. The molecule has 1 heterocycles. The van der Waals surface area contributed by atoms with Crippen LogP contribution >= 0.6 is 23.2 Å². The largest absolute Gasteiger partial charge is 0.340 e. The van der Waals surface area contributed by atoms with Crippen LogP contribution in [0.2, 0.25) is 10.0 Å². The third-order valence-electron chi connectivity index (χ3n) is 2.70. The van der Waals surface area contributed by atoms with Crippen molar-refractivity contribution >= 4 is 45.6 Å². The van der Waals surface area contributed by atoms with Crippen LogP contribution < -0.4 is 5.32 Å². The van der Waals surface area contributed by atoms with Crippen molar-refractivity contribution in [3.63, 3.8) is 0 Å². The SMILES string of the molecule is Clc1cccc(Nc2ncnc3cccc(Cl)c23)c1. The molecule has 19 heavy (non-hydrogen) atoms. The molecule has 2 aromatic carbocycles. The number of benzene rings is 2. The second-order valence-electron chi connectivity index (χ2n) is 3.99. The molecule has 3 nitrogen and oxygen atoms in total. The molecule has 0 aliphatic rings. The molecule has 0 amide bonds. The fraction of sp³-hybridized carbons (Fsp3) is 0. The number of aromatic nitrogens is 2. The first-order valence-corrected chi connectivity index (χ1v) is 6.41. The van der Waals surface area contributed by atoms with E-state index >= 15 is 0 Å². The minimum atomic E-state index is 0.614. The minimum absolute atomic E-state index is 0.614. The third-order valence-corrected chi connectivity index (χ3v) is 3.25. The third kappa shape index (κ3) is 2.48. The van der Waals surface area contributed by atoms with E-state index in [0.717, 1.165) is 16.6 Å². The molecule has 0 bridgehead atoms. The topological polar surface area (TPSA) is 37.8 Å². The minimum Gasteiger partial charge on any atom is -0.340 e. The van der Waals surface area contributed by atoms with E-state index in [4.69, 9.17) is 23.2 Å². The average Bonchev–Trinajstić information content (AvgIpc) is 2.39. The molecular weight excluding hydrogens is 281 g/mol. The second-order valence-corrected chi connectivity index (χ2v) is 4.84. The molecule has 0 fully saturated rings. The fourth-order valence-corrected chi connectivity index (χ4v) is 2.32. The molecule has 1 aromatic heterocycles. The quantitative estimate of drug-likeness (QED) is 0.744. The molecule has 3 aromatic rings. The number of nitrogens with one attached hydrogen (secondary N) is 1. The smallest absolute Gasteiger partial charge is 0.143 e. The number of hydrogen-bond acceptors (Lipinski definition) is 3. The molecule has 3 rings (SSSR count). The zero-order valence-corrected chi connectivity index (χ0v) is 11.3. The number of fused-ring (bicyclic) bond motifs is 1. The van der Waals surface area contributed by atoms with Crippen molar-refractivity contribution in [2.24, 2.45) is 0 Å². The van der Waals surface area contributed by atoms with Gasteiger partial charge in [0.05, 0.1) is 15.9 Å². The Morgan fingerprint density at radius 1 is 0.947 bits per heavy atom. The van der Waals surface area contributed by atoms with Crippen LogP contribution in [0.1, 0.15) is 0 Å². The van der Waals surface area contributed by atoms with Crippen LogP contribution in [0.5, 0.6) is 0 Å². The first kappa shape index (κ1) is 12.2. The summed E-state index contributed by atoms with van der Waals surface area (Å²) in [7, 11) is 0. The van der Waals surface area contributed by atoms with Gasteiger partial charge in [0.2, 0.25) is 0 Å². The van der Waals surface area contributed by atoms with Gasteiger partial charge in [0.15, 0.2) is 0 Å². The van der Waals surface area contributed by atoms with Gasteiger partial charge in [-0.1, -0.05) is 35.3 Å². The molecule has 0 radical (unpaired) electrons. The van der Waals surface area contributed by atoms with Crippen LogP contribution in [0.4, 0.5) is 11.5 Å². The summed E-state index contributed by atoms with van der Waals surface area (Å²) in [5.41, 5.74) is 1.65. The number of nitrogens with zero attached hydrogens (tertiary/aromatic N) is 2. The Balaban J connectivity index is 2.11. The highest BCUT2D eigenvalue weighted by atomic mass is 35.5. The monoisotopic (exact) mass is 289 g/mol. The summed E-state index contributed by atoms with van der Waals surface area (Å²) in [6.45, 7) is 0. The summed E-state index contributed by atoms with van der Waals surface area (Å²) in [5, 5.41) is 5.28. The van der Waals surface area contributed by atoms with Gasteiger partial charge in [-0.3, -0.25) is 0 Å². The Hall–Kier alpha value is -1.84. The molecule has 0 aliphatic heterocycles. The molecular formula is C14H9Cl2N3. The van der Waals surface area contributed by atoms with E-state index in [-0.39, 0.29) is 0 Å². The first-order valence-electron chi connectivity index (χ1n) is 5.66. The van der Waals surface area contributed by atoms with E-state index < -0.39 is 0 Å². The highest BCUT2D eigenvalue weighted by Gasteiger charge is 2.07. The number of rotatable bonds is 2. The van der Waals surface area contributed by atoms with Gasteiger partial charge in [-0.2, -0.15) is 0 Å². The highest BCUT2D eigenvalue weighted by molar-refractivity contribution is 6.36. The zero-order chi connectivity index (χ0) is 13.2.